The van der Waals surface area contributed by atoms with E-state index in [0.717, 1.165) is 0 Å². The Kier molecular flexibility index (Phi) is 3.47. The first kappa shape index (κ1) is 12.4. The molecule has 0 saturated carbocycles. The van der Waals surface area contributed by atoms with Gasteiger partial charge in [-0.05, 0) is 6.92 Å². The molecule has 8 heteroatoms. The zero-order valence-corrected chi connectivity index (χ0v) is 10.4. The largest absolute Gasteiger partial charge is 0.468 e. The molecule has 98 valence electrons. The third kappa shape index (κ3) is 2.43. The number of aromatic amines is 1. The van der Waals surface area contributed by atoms with Crippen LogP contribution in [0.1, 0.15) is 6.92 Å². The number of hydrogen-bond acceptors (Lipinski definition) is 7. The number of rotatable bonds is 5. The van der Waals surface area contributed by atoms with Gasteiger partial charge in [0.15, 0.2) is 11.5 Å². The van der Waals surface area contributed by atoms with Crippen molar-refractivity contribution >= 4 is 17.0 Å². The van der Waals surface area contributed by atoms with Gasteiger partial charge in [-0.15, -0.1) is 0 Å². The van der Waals surface area contributed by atoms with E-state index in [4.69, 9.17) is 19.9 Å². The first-order chi connectivity index (χ1) is 8.63. The lowest BCUT2D eigenvalue weighted by Gasteiger charge is -2.11. The van der Waals surface area contributed by atoms with Crippen molar-refractivity contribution < 1.29 is 14.2 Å². The Labute approximate surface area is 103 Å². The summed E-state index contributed by atoms with van der Waals surface area (Å²) in [5, 5.41) is 0. The highest BCUT2D eigenvalue weighted by Gasteiger charge is 2.13. The predicted octanol–water partition coefficient (Wildman–Crippen LogP) is 0.357. The number of nitrogens with one attached hydrogen (secondary N) is 1. The fraction of sp³-hybridized carbons (Fsp3) is 0.500. The molecule has 0 aliphatic carbocycles. The maximum atomic E-state index is 5.79. The third-order valence-electron chi connectivity index (χ3n) is 2.24. The van der Waals surface area contributed by atoms with Crippen LogP contribution in [-0.2, 0) is 4.74 Å². The standard InChI is InChI=1S/C10H15N5O3/c1-5(4-16-2)18-10-13-7(11)6-8(15-10)14-9(12-6)17-3/h5H,4H2,1-3H3,(H3,11,12,13,14,15). The van der Waals surface area contributed by atoms with Gasteiger partial charge in [-0.1, -0.05) is 0 Å². The van der Waals surface area contributed by atoms with E-state index in [9.17, 15) is 0 Å². The van der Waals surface area contributed by atoms with Crippen LogP contribution in [0.25, 0.3) is 11.2 Å². The van der Waals surface area contributed by atoms with Crippen molar-refractivity contribution in [3.63, 3.8) is 0 Å². The zero-order chi connectivity index (χ0) is 13.1. The van der Waals surface area contributed by atoms with Crippen LogP contribution >= 0.6 is 0 Å². The van der Waals surface area contributed by atoms with Crippen molar-refractivity contribution in [2.45, 2.75) is 13.0 Å². The number of nitrogens with zero attached hydrogens (tertiary/aromatic N) is 3. The number of ether oxygens (including phenoxy) is 3. The summed E-state index contributed by atoms with van der Waals surface area (Å²) in [6.45, 7) is 2.28. The minimum atomic E-state index is -0.173. The number of nitrogens with two attached hydrogens (primary N) is 1. The topological polar surface area (TPSA) is 108 Å². The lowest BCUT2D eigenvalue weighted by molar-refractivity contribution is 0.0859. The smallest absolute Gasteiger partial charge is 0.320 e. The number of anilines is 1. The Bertz CT molecular complexity index is 542. The zero-order valence-electron chi connectivity index (χ0n) is 10.4. The van der Waals surface area contributed by atoms with E-state index in [0.29, 0.717) is 23.8 Å². The van der Waals surface area contributed by atoms with Crippen molar-refractivity contribution in [3.8, 4) is 12.0 Å². The molecule has 2 heterocycles. The summed E-state index contributed by atoms with van der Waals surface area (Å²) in [5.74, 6) is 0.260. The van der Waals surface area contributed by atoms with E-state index >= 15 is 0 Å². The van der Waals surface area contributed by atoms with Gasteiger partial charge in [-0.3, -0.25) is 0 Å². The molecule has 2 aromatic rings. The van der Waals surface area contributed by atoms with Gasteiger partial charge in [0, 0.05) is 7.11 Å². The highest BCUT2D eigenvalue weighted by Crippen LogP contribution is 2.21. The third-order valence-corrected chi connectivity index (χ3v) is 2.24. The molecular weight excluding hydrogens is 238 g/mol. The van der Waals surface area contributed by atoms with Crippen LogP contribution in [0.4, 0.5) is 5.82 Å². The maximum Gasteiger partial charge on any atom is 0.320 e. The first-order valence-electron chi connectivity index (χ1n) is 5.37. The Balaban J connectivity index is 2.30. The second kappa shape index (κ2) is 5.05. The summed E-state index contributed by atoms with van der Waals surface area (Å²) in [5.41, 5.74) is 6.71. The molecule has 2 aromatic heterocycles. The second-order valence-electron chi connectivity index (χ2n) is 3.72. The van der Waals surface area contributed by atoms with Gasteiger partial charge in [-0.25, -0.2) is 0 Å². The van der Waals surface area contributed by atoms with Crippen LogP contribution in [0, 0.1) is 0 Å². The number of fused-ring (bicyclic) bond motifs is 1. The van der Waals surface area contributed by atoms with E-state index in [-0.39, 0.29) is 17.9 Å². The van der Waals surface area contributed by atoms with E-state index in [1.807, 2.05) is 6.92 Å². The second-order valence-corrected chi connectivity index (χ2v) is 3.72. The molecule has 0 radical (unpaired) electrons. The molecule has 0 aromatic carbocycles. The Hall–Kier alpha value is -2.09. The minimum absolute atomic E-state index is 0.165. The van der Waals surface area contributed by atoms with Crippen LogP contribution in [0.15, 0.2) is 0 Å². The average molecular weight is 253 g/mol. The highest BCUT2D eigenvalue weighted by molar-refractivity contribution is 5.82. The van der Waals surface area contributed by atoms with Gasteiger partial charge in [-0.2, -0.15) is 15.0 Å². The Morgan fingerprint density at radius 2 is 2.06 bits per heavy atom. The lowest BCUT2D eigenvalue weighted by Crippen LogP contribution is -2.19. The SMILES string of the molecule is COCC(C)Oc1nc(N)c2[nH]c(OC)nc2n1. The number of imidazole rings is 1. The first-order valence-corrected chi connectivity index (χ1v) is 5.37. The minimum Gasteiger partial charge on any atom is -0.468 e. The molecule has 0 amide bonds. The van der Waals surface area contributed by atoms with E-state index in [1.165, 1.54) is 7.11 Å². The molecule has 0 aliphatic rings. The van der Waals surface area contributed by atoms with Crippen LogP contribution in [0.2, 0.25) is 0 Å². The van der Waals surface area contributed by atoms with E-state index in [2.05, 4.69) is 19.9 Å². The van der Waals surface area contributed by atoms with E-state index in [1.54, 1.807) is 7.11 Å². The monoisotopic (exact) mass is 253 g/mol. The summed E-state index contributed by atoms with van der Waals surface area (Å²) < 4.78 is 15.4. The van der Waals surface area contributed by atoms with Gasteiger partial charge in [0.25, 0.3) is 6.01 Å². The summed E-state index contributed by atoms with van der Waals surface area (Å²) >= 11 is 0. The number of hydrogen-bond donors (Lipinski definition) is 2. The summed E-state index contributed by atoms with van der Waals surface area (Å²) in [7, 11) is 3.09. The normalized spacial score (nSPS) is 12.6. The quantitative estimate of drug-likeness (QED) is 0.791. The molecule has 1 unspecified atom stereocenters. The molecule has 3 N–H and O–H groups in total. The molecule has 1 atom stereocenters. The van der Waals surface area contributed by atoms with Crippen LogP contribution in [0.5, 0.6) is 12.0 Å². The fourth-order valence-corrected chi connectivity index (χ4v) is 1.47. The van der Waals surface area contributed by atoms with Crippen molar-refractivity contribution in [3.05, 3.63) is 0 Å². The number of aromatic nitrogens is 4. The predicted molar refractivity (Wildman–Crippen MR) is 64.6 cm³/mol. The molecular formula is C10H15N5O3. The van der Waals surface area contributed by atoms with Crippen LogP contribution < -0.4 is 15.2 Å². The molecule has 0 fully saturated rings. The van der Waals surface area contributed by atoms with E-state index < -0.39 is 0 Å². The van der Waals surface area contributed by atoms with Gasteiger partial charge >= 0.3 is 6.01 Å². The van der Waals surface area contributed by atoms with Gasteiger partial charge in [0.2, 0.25) is 0 Å². The molecule has 0 aliphatic heterocycles. The van der Waals surface area contributed by atoms with Gasteiger partial charge < -0.3 is 24.9 Å². The molecule has 2 rings (SSSR count). The van der Waals surface area contributed by atoms with Crippen LogP contribution in [0.3, 0.4) is 0 Å². The van der Waals surface area contributed by atoms with Crippen LogP contribution in [-0.4, -0.2) is 46.9 Å². The average Bonchev–Trinajstić information content (AvgIpc) is 2.72. The summed E-state index contributed by atoms with van der Waals surface area (Å²) in [6.07, 6.45) is -0.173. The van der Waals surface area contributed by atoms with Crippen molar-refractivity contribution in [2.75, 3.05) is 26.6 Å². The van der Waals surface area contributed by atoms with Gasteiger partial charge in [0.1, 0.15) is 11.6 Å². The number of H-pyrrole nitrogens is 1. The molecule has 0 saturated heterocycles. The number of nitrogen functional groups attached to an aromatic ring is 1. The van der Waals surface area contributed by atoms with Gasteiger partial charge in [0.05, 0.1) is 13.7 Å². The molecule has 8 nitrogen and oxygen atoms in total. The Morgan fingerprint density at radius 3 is 2.72 bits per heavy atom. The maximum absolute atomic E-state index is 5.79. The Morgan fingerprint density at radius 1 is 1.28 bits per heavy atom. The fourth-order valence-electron chi connectivity index (χ4n) is 1.47. The number of methoxy groups -OCH3 is 2. The highest BCUT2D eigenvalue weighted by atomic mass is 16.5. The van der Waals surface area contributed by atoms with Crippen molar-refractivity contribution in [1.82, 2.24) is 19.9 Å². The molecule has 0 spiro atoms. The summed E-state index contributed by atoms with van der Waals surface area (Å²) in [6, 6.07) is 0.492. The van der Waals surface area contributed by atoms with Crippen molar-refractivity contribution in [1.29, 1.82) is 0 Å². The molecule has 18 heavy (non-hydrogen) atoms. The lowest BCUT2D eigenvalue weighted by atomic mass is 10.4. The summed E-state index contributed by atoms with van der Waals surface area (Å²) in [4.78, 5) is 15.1. The molecule has 0 bridgehead atoms. The van der Waals surface area contributed by atoms with Crippen molar-refractivity contribution in [2.24, 2.45) is 0 Å².